The monoisotopic (exact) mass is 222 g/mol. The molecule has 1 aromatic rings. The molecule has 4 heteroatoms. The second kappa shape index (κ2) is 4.51. The van der Waals surface area contributed by atoms with E-state index in [1.165, 1.54) is 18.2 Å². The van der Waals surface area contributed by atoms with Gasteiger partial charge in [0.1, 0.15) is 5.82 Å². The maximum absolute atomic E-state index is 12.9. The van der Waals surface area contributed by atoms with E-state index in [1.807, 2.05) is 0 Å². The molecule has 1 aromatic carbocycles. The van der Waals surface area contributed by atoms with E-state index in [0.29, 0.717) is 5.56 Å². The van der Waals surface area contributed by atoms with Crippen LogP contribution in [0.4, 0.5) is 10.1 Å². The van der Waals surface area contributed by atoms with Crippen LogP contribution in [0.3, 0.4) is 0 Å². The molecule has 16 heavy (non-hydrogen) atoms. The Balaban J connectivity index is 2.05. The number of halogens is 1. The summed E-state index contributed by atoms with van der Waals surface area (Å²) in [7, 11) is 0. The highest BCUT2D eigenvalue weighted by Crippen LogP contribution is 2.19. The Morgan fingerprint density at radius 3 is 2.69 bits per heavy atom. The molecule has 1 aliphatic carbocycles. The topological polar surface area (TPSA) is 55.1 Å². The SMILES string of the molecule is Nc1cc(C(=O)NC2CCCC2)ccc1F. The molecule has 2 rings (SSSR count). The van der Waals surface area contributed by atoms with Crippen LogP contribution in [0.1, 0.15) is 36.0 Å². The van der Waals surface area contributed by atoms with E-state index in [-0.39, 0.29) is 17.6 Å². The van der Waals surface area contributed by atoms with Crippen molar-refractivity contribution in [3.8, 4) is 0 Å². The number of carbonyl (C=O) groups excluding carboxylic acids is 1. The van der Waals surface area contributed by atoms with Gasteiger partial charge in [0, 0.05) is 11.6 Å². The molecule has 0 aromatic heterocycles. The molecule has 0 aliphatic heterocycles. The largest absolute Gasteiger partial charge is 0.396 e. The van der Waals surface area contributed by atoms with Gasteiger partial charge in [-0.2, -0.15) is 0 Å². The van der Waals surface area contributed by atoms with E-state index >= 15 is 0 Å². The predicted octanol–water partition coefficient (Wildman–Crippen LogP) is 2.08. The minimum Gasteiger partial charge on any atom is -0.396 e. The van der Waals surface area contributed by atoms with Gasteiger partial charge < -0.3 is 11.1 Å². The molecular weight excluding hydrogens is 207 g/mol. The molecule has 1 aliphatic rings. The Labute approximate surface area is 93.8 Å². The van der Waals surface area contributed by atoms with Crippen molar-refractivity contribution in [3.63, 3.8) is 0 Å². The van der Waals surface area contributed by atoms with Crippen LogP contribution in [0.2, 0.25) is 0 Å². The summed E-state index contributed by atoms with van der Waals surface area (Å²) in [6.45, 7) is 0. The summed E-state index contributed by atoms with van der Waals surface area (Å²) in [5, 5.41) is 2.92. The van der Waals surface area contributed by atoms with Gasteiger partial charge in [-0.05, 0) is 31.0 Å². The number of hydrogen-bond donors (Lipinski definition) is 2. The van der Waals surface area contributed by atoms with Crippen molar-refractivity contribution in [1.29, 1.82) is 0 Å². The fraction of sp³-hybridized carbons (Fsp3) is 0.417. The third-order valence-corrected chi connectivity index (χ3v) is 2.95. The quantitative estimate of drug-likeness (QED) is 0.753. The summed E-state index contributed by atoms with van der Waals surface area (Å²) in [6.07, 6.45) is 4.39. The van der Waals surface area contributed by atoms with E-state index in [1.54, 1.807) is 0 Å². The summed E-state index contributed by atoms with van der Waals surface area (Å²) in [5.41, 5.74) is 5.85. The third kappa shape index (κ3) is 2.32. The summed E-state index contributed by atoms with van der Waals surface area (Å²) in [4.78, 5) is 11.8. The zero-order valence-corrected chi connectivity index (χ0v) is 9.00. The van der Waals surface area contributed by atoms with Gasteiger partial charge in [-0.15, -0.1) is 0 Å². The zero-order valence-electron chi connectivity index (χ0n) is 9.00. The second-order valence-corrected chi connectivity index (χ2v) is 4.19. The number of benzene rings is 1. The summed E-state index contributed by atoms with van der Waals surface area (Å²) < 4.78 is 12.9. The summed E-state index contributed by atoms with van der Waals surface area (Å²) in [6, 6.07) is 4.31. The first-order valence-electron chi connectivity index (χ1n) is 5.52. The van der Waals surface area contributed by atoms with Crippen molar-refractivity contribution in [2.45, 2.75) is 31.7 Å². The van der Waals surface area contributed by atoms with Crippen LogP contribution in [0.15, 0.2) is 18.2 Å². The highest BCUT2D eigenvalue weighted by molar-refractivity contribution is 5.95. The number of nitrogens with two attached hydrogens (primary N) is 1. The van der Waals surface area contributed by atoms with Crippen molar-refractivity contribution in [3.05, 3.63) is 29.6 Å². The highest BCUT2D eigenvalue weighted by atomic mass is 19.1. The Morgan fingerprint density at radius 1 is 1.38 bits per heavy atom. The minimum absolute atomic E-state index is 0.0130. The average Bonchev–Trinajstić information content (AvgIpc) is 2.74. The van der Waals surface area contributed by atoms with Crippen LogP contribution >= 0.6 is 0 Å². The van der Waals surface area contributed by atoms with E-state index in [2.05, 4.69) is 5.32 Å². The van der Waals surface area contributed by atoms with E-state index in [0.717, 1.165) is 25.7 Å². The third-order valence-electron chi connectivity index (χ3n) is 2.95. The average molecular weight is 222 g/mol. The Kier molecular flexibility index (Phi) is 3.08. The molecule has 0 radical (unpaired) electrons. The molecule has 0 saturated heterocycles. The molecule has 0 unspecified atom stereocenters. The summed E-state index contributed by atoms with van der Waals surface area (Å²) in [5.74, 6) is -0.656. The van der Waals surface area contributed by atoms with Gasteiger partial charge >= 0.3 is 0 Å². The maximum atomic E-state index is 12.9. The lowest BCUT2D eigenvalue weighted by Gasteiger charge is -2.12. The van der Waals surface area contributed by atoms with Gasteiger partial charge in [0.25, 0.3) is 5.91 Å². The number of nitrogens with one attached hydrogen (secondary N) is 1. The number of rotatable bonds is 2. The van der Waals surface area contributed by atoms with Gasteiger partial charge in [0.2, 0.25) is 0 Å². The molecule has 1 saturated carbocycles. The van der Waals surface area contributed by atoms with Gasteiger partial charge in [-0.3, -0.25) is 4.79 Å². The zero-order chi connectivity index (χ0) is 11.5. The highest BCUT2D eigenvalue weighted by Gasteiger charge is 2.18. The molecule has 0 spiro atoms. The first-order valence-corrected chi connectivity index (χ1v) is 5.52. The standard InChI is InChI=1S/C12H15FN2O/c13-10-6-5-8(7-11(10)14)12(16)15-9-3-1-2-4-9/h5-7,9H,1-4,14H2,(H,15,16). The predicted molar refractivity (Wildman–Crippen MR) is 60.5 cm³/mol. The van der Waals surface area contributed by atoms with Gasteiger partial charge in [0.15, 0.2) is 0 Å². The Hall–Kier alpha value is -1.58. The molecule has 1 fully saturated rings. The second-order valence-electron chi connectivity index (χ2n) is 4.19. The molecule has 3 nitrogen and oxygen atoms in total. The van der Waals surface area contributed by atoms with Crippen LogP contribution in [0, 0.1) is 5.82 Å². The molecule has 1 amide bonds. The lowest BCUT2D eigenvalue weighted by molar-refractivity contribution is 0.0938. The first kappa shape index (κ1) is 10.9. The Bertz CT molecular complexity index is 400. The minimum atomic E-state index is -0.489. The van der Waals surface area contributed by atoms with E-state index in [9.17, 15) is 9.18 Å². The van der Waals surface area contributed by atoms with Crippen molar-refractivity contribution in [2.24, 2.45) is 0 Å². The normalized spacial score (nSPS) is 16.3. The van der Waals surface area contributed by atoms with Crippen molar-refractivity contribution in [2.75, 3.05) is 5.73 Å². The van der Waals surface area contributed by atoms with Crippen LogP contribution < -0.4 is 11.1 Å². The fourth-order valence-electron chi connectivity index (χ4n) is 2.02. The summed E-state index contributed by atoms with van der Waals surface area (Å²) >= 11 is 0. The van der Waals surface area contributed by atoms with Crippen LogP contribution in [-0.2, 0) is 0 Å². The van der Waals surface area contributed by atoms with Crippen LogP contribution in [0.25, 0.3) is 0 Å². The van der Waals surface area contributed by atoms with E-state index < -0.39 is 5.82 Å². The Morgan fingerprint density at radius 2 is 2.06 bits per heavy atom. The molecule has 0 bridgehead atoms. The number of carbonyl (C=O) groups is 1. The molecule has 86 valence electrons. The van der Waals surface area contributed by atoms with E-state index in [4.69, 9.17) is 5.73 Å². The van der Waals surface area contributed by atoms with Gasteiger partial charge in [-0.25, -0.2) is 4.39 Å². The lowest BCUT2D eigenvalue weighted by Crippen LogP contribution is -2.32. The lowest BCUT2D eigenvalue weighted by atomic mass is 10.1. The number of nitrogen functional groups attached to an aromatic ring is 1. The number of amides is 1. The van der Waals surface area contributed by atoms with Crippen molar-refractivity contribution in [1.82, 2.24) is 5.32 Å². The number of anilines is 1. The maximum Gasteiger partial charge on any atom is 0.251 e. The van der Waals surface area contributed by atoms with Gasteiger partial charge in [0.05, 0.1) is 5.69 Å². The smallest absolute Gasteiger partial charge is 0.251 e. The molecule has 0 heterocycles. The van der Waals surface area contributed by atoms with Gasteiger partial charge in [-0.1, -0.05) is 12.8 Å². The molecule has 3 N–H and O–H groups in total. The number of hydrogen-bond acceptors (Lipinski definition) is 2. The first-order chi connectivity index (χ1) is 7.66. The van der Waals surface area contributed by atoms with Crippen molar-refractivity contribution < 1.29 is 9.18 Å². The van der Waals surface area contributed by atoms with Crippen LogP contribution in [0.5, 0.6) is 0 Å². The fourth-order valence-corrected chi connectivity index (χ4v) is 2.02. The molecule has 0 atom stereocenters. The molecular formula is C12H15FN2O. The van der Waals surface area contributed by atoms with Crippen LogP contribution in [-0.4, -0.2) is 11.9 Å². The van der Waals surface area contributed by atoms with Crippen molar-refractivity contribution >= 4 is 11.6 Å².